The molecular weight excluding hydrogens is 390 g/mol. The van der Waals surface area contributed by atoms with Crippen molar-refractivity contribution in [3.05, 3.63) is 33.4 Å². The van der Waals surface area contributed by atoms with Gasteiger partial charge in [0.15, 0.2) is 5.16 Å². The third kappa shape index (κ3) is 4.51. The first-order valence-electron chi connectivity index (χ1n) is 10.2. The molecule has 2 aromatic heterocycles. The number of aromatic nitrogens is 2. The smallest absolute Gasteiger partial charge is 0.263 e. The summed E-state index contributed by atoms with van der Waals surface area (Å²) in [7, 11) is 0. The molecule has 5 nitrogen and oxygen atoms in total. The van der Waals surface area contributed by atoms with E-state index in [1.807, 2.05) is 11.5 Å². The Bertz CT molecular complexity index is 916. The highest BCUT2D eigenvalue weighted by Crippen LogP contribution is 2.35. The van der Waals surface area contributed by atoms with Gasteiger partial charge in [0.2, 0.25) is 5.91 Å². The van der Waals surface area contributed by atoms with Gasteiger partial charge in [-0.15, -0.1) is 17.9 Å². The van der Waals surface area contributed by atoms with E-state index in [9.17, 15) is 9.59 Å². The van der Waals surface area contributed by atoms with Crippen LogP contribution in [0.15, 0.2) is 22.6 Å². The minimum atomic E-state index is -0.323. The fourth-order valence-electron chi connectivity index (χ4n) is 3.56. The van der Waals surface area contributed by atoms with Crippen molar-refractivity contribution in [2.75, 3.05) is 6.54 Å². The molecule has 2 heterocycles. The van der Waals surface area contributed by atoms with E-state index < -0.39 is 0 Å². The molecular formula is C21H29N3O2S2. The van der Waals surface area contributed by atoms with Crippen molar-refractivity contribution in [1.29, 1.82) is 0 Å². The monoisotopic (exact) mass is 419 g/mol. The van der Waals surface area contributed by atoms with Crippen molar-refractivity contribution in [3.8, 4) is 0 Å². The number of unbranched alkanes of at least 4 members (excludes halogenated alkanes) is 2. The van der Waals surface area contributed by atoms with E-state index in [2.05, 4.69) is 18.8 Å². The zero-order valence-electron chi connectivity index (χ0n) is 16.8. The third-order valence-electron chi connectivity index (χ3n) is 5.10. The van der Waals surface area contributed by atoms with Crippen LogP contribution in [0.4, 0.5) is 0 Å². The Hall–Kier alpha value is -1.60. The number of rotatable bonds is 9. The number of hydrogen-bond donors (Lipinski definition) is 1. The molecule has 2 aromatic rings. The van der Waals surface area contributed by atoms with Gasteiger partial charge in [0.25, 0.3) is 5.56 Å². The predicted octanol–water partition coefficient (Wildman–Crippen LogP) is 4.31. The predicted molar refractivity (Wildman–Crippen MR) is 119 cm³/mol. The molecule has 0 fully saturated rings. The van der Waals surface area contributed by atoms with Crippen LogP contribution in [0.1, 0.15) is 56.4 Å². The third-order valence-corrected chi connectivity index (χ3v) is 7.37. The zero-order valence-corrected chi connectivity index (χ0v) is 18.4. The Labute approximate surface area is 174 Å². The molecule has 0 saturated carbocycles. The molecule has 0 radical (unpaired) electrons. The summed E-state index contributed by atoms with van der Waals surface area (Å²) < 4.78 is 1.81. The largest absolute Gasteiger partial charge is 0.352 e. The van der Waals surface area contributed by atoms with E-state index in [1.54, 1.807) is 17.4 Å². The number of nitrogens with zero attached hydrogens (tertiary/aromatic N) is 2. The summed E-state index contributed by atoms with van der Waals surface area (Å²) in [5.41, 5.74) is 1.29. The van der Waals surface area contributed by atoms with Gasteiger partial charge in [-0.2, -0.15) is 0 Å². The number of hydrogen-bond acceptors (Lipinski definition) is 5. The van der Waals surface area contributed by atoms with Gasteiger partial charge in [0.1, 0.15) is 4.83 Å². The molecule has 0 bridgehead atoms. The molecule has 1 unspecified atom stereocenters. The van der Waals surface area contributed by atoms with Gasteiger partial charge < -0.3 is 5.32 Å². The average Bonchev–Trinajstić information content (AvgIpc) is 3.06. The van der Waals surface area contributed by atoms with E-state index in [0.717, 1.165) is 48.7 Å². The lowest BCUT2D eigenvalue weighted by molar-refractivity contribution is -0.120. The molecule has 0 aliphatic heterocycles. The Balaban J connectivity index is 1.99. The fraction of sp³-hybridized carbons (Fsp3) is 0.571. The first-order valence-corrected chi connectivity index (χ1v) is 11.9. The number of carbonyl (C=O) groups excluding carboxylic acids is 1. The van der Waals surface area contributed by atoms with Gasteiger partial charge in [0.05, 0.1) is 10.6 Å². The van der Waals surface area contributed by atoms with Gasteiger partial charge in [0, 0.05) is 18.0 Å². The molecule has 0 aromatic carbocycles. The molecule has 1 atom stereocenters. The summed E-state index contributed by atoms with van der Waals surface area (Å²) in [5.74, 6) is -0.0650. The number of carbonyl (C=O) groups is 1. The van der Waals surface area contributed by atoms with E-state index in [4.69, 9.17) is 4.98 Å². The molecule has 1 aliphatic rings. The zero-order chi connectivity index (χ0) is 20.1. The highest BCUT2D eigenvalue weighted by molar-refractivity contribution is 8.00. The van der Waals surface area contributed by atoms with Gasteiger partial charge >= 0.3 is 0 Å². The normalized spacial score (nSPS) is 14.6. The molecule has 7 heteroatoms. The van der Waals surface area contributed by atoms with Crippen LogP contribution in [0, 0.1) is 0 Å². The standard InChI is InChI=1S/C21H29N3O2S2/c1-4-6-9-13-24-20(26)17-15-10-7-8-11-16(15)28-19(17)23-21(24)27-14(3)18(25)22-12-5-2/h5,14H,2,4,6-13H2,1,3H3,(H,22,25). The molecule has 1 amide bonds. The van der Waals surface area contributed by atoms with Crippen molar-refractivity contribution in [2.24, 2.45) is 0 Å². The number of nitrogens with one attached hydrogen (secondary N) is 1. The Morgan fingerprint density at radius 2 is 2.18 bits per heavy atom. The second kappa shape index (κ2) is 9.74. The van der Waals surface area contributed by atoms with Crippen LogP contribution >= 0.6 is 23.1 Å². The first kappa shape index (κ1) is 21.1. The summed E-state index contributed by atoms with van der Waals surface area (Å²) in [5, 5.41) is 3.99. The second-order valence-electron chi connectivity index (χ2n) is 7.24. The number of thiophene rings is 1. The van der Waals surface area contributed by atoms with E-state index >= 15 is 0 Å². The molecule has 0 saturated heterocycles. The van der Waals surface area contributed by atoms with Crippen molar-refractivity contribution < 1.29 is 4.79 Å². The summed E-state index contributed by atoms with van der Waals surface area (Å²) in [6.07, 6.45) is 9.14. The number of fused-ring (bicyclic) bond motifs is 3. The van der Waals surface area contributed by atoms with Gasteiger partial charge in [-0.3, -0.25) is 14.2 Å². The maximum atomic E-state index is 13.4. The van der Waals surface area contributed by atoms with Crippen molar-refractivity contribution >= 4 is 39.2 Å². The SMILES string of the molecule is C=CCNC(=O)C(C)Sc1nc2sc3c(c2c(=O)n1CCCCC)CCCC3. The van der Waals surface area contributed by atoms with Crippen molar-refractivity contribution in [3.63, 3.8) is 0 Å². The number of amides is 1. The first-order chi connectivity index (χ1) is 13.6. The second-order valence-corrected chi connectivity index (χ2v) is 9.63. The Morgan fingerprint density at radius 1 is 1.39 bits per heavy atom. The molecule has 3 rings (SSSR count). The number of aryl methyl sites for hydroxylation is 2. The quantitative estimate of drug-likeness (QED) is 0.285. The van der Waals surface area contributed by atoms with E-state index in [-0.39, 0.29) is 16.7 Å². The summed E-state index contributed by atoms with van der Waals surface area (Å²) in [6.45, 7) is 8.74. The lowest BCUT2D eigenvalue weighted by Gasteiger charge is -2.16. The van der Waals surface area contributed by atoms with Gasteiger partial charge in [-0.25, -0.2) is 4.98 Å². The molecule has 152 valence electrons. The summed E-state index contributed by atoms with van der Waals surface area (Å²) >= 11 is 3.04. The van der Waals surface area contributed by atoms with Crippen LogP contribution in [-0.2, 0) is 24.2 Å². The minimum Gasteiger partial charge on any atom is -0.352 e. The van der Waals surface area contributed by atoms with Crippen LogP contribution < -0.4 is 10.9 Å². The average molecular weight is 420 g/mol. The fourth-order valence-corrected chi connectivity index (χ4v) is 5.82. The van der Waals surface area contributed by atoms with Crippen molar-refractivity contribution in [2.45, 2.75) is 75.7 Å². The Morgan fingerprint density at radius 3 is 2.93 bits per heavy atom. The lowest BCUT2D eigenvalue weighted by atomic mass is 9.97. The summed E-state index contributed by atoms with van der Waals surface area (Å²) in [6, 6.07) is 0. The van der Waals surface area contributed by atoms with Crippen molar-refractivity contribution in [1.82, 2.24) is 14.9 Å². The molecule has 28 heavy (non-hydrogen) atoms. The lowest BCUT2D eigenvalue weighted by Crippen LogP contribution is -2.32. The maximum Gasteiger partial charge on any atom is 0.263 e. The van der Waals surface area contributed by atoms with Crippen LogP contribution in [0.2, 0.25) is 0 Å². The molecule has 1 aliphatic carbocycles. The molecule has 0 spiro atoms. The highest BCUT2D eigenvalue weighted by Gasteiger charge is 2.24. The van der Waals surface area contributed by atoms with Crippen LogP contribution in [0.25, 0.3) is 10.2 Å². The minimum absolute atomic E-state index is 0.0650. The maximum absolute atomic E-state index is 13.4. The van der Waals surface area contributed by atoms with E-state index in [1.165, 1.54) is 28.6 Å². The van der Waals surface area contributed by atoms with E-state index in [0.29, 0.717) is 18.2 Å². The summed E-state index contributed by atoms with van der Waals surface area (Å²) in [4.78, 5) is 32.7. The highest BCUT2D eigenvalue weighted by atomic mass is 32.2. The number of thioether (sulfide) groups is 1. The van der Waals surface area contributed by atoms with Crippen LogP contribution in [0.5, 0.6) is 0 Å². The Kier molecular flexibility index (Phi) is 7.35. The molecule has 1 N–H and O–H groups in total. The topological polar surface area (TPSA) is 64.0 Å². The van der Waals surface area contributed by atoms with Gasteiger partial charge in [-0.1, -0.05) is 37.6 Å². The van der Waals surface area contributed by atoms with Crippen LogP contribution in [-0.4, -0.2) is 27.3 Å². The van der Waals surface area contributed by atoms with Gasteiger partial charge in [-0.05, 0) is 44.6 Å². The van der Waals surface area contributed by atoms with Crippen LogP contribution in [0.3, 0.4) is 0 Å².